The largest absolute Gasteiger partial charge is 0.481 e. The van der Waals surface area contributed by atoms with E-state index in [1.54, 1.807) is 25.4 Å². The molecule has 0 spiro atoms. The van der Waals surface area contributed by atoms with Crippen LogP contribution in [0.3, 0.4) is 0 Å². The lowest BCUT2D eigenvalue weighted by Gasteiger charge is -2.13. The molecule has 0 amide bonds. The zero-order valence-electron chi connectivity index (χ0n) is 14.5. The van der Waals surface area contributed by atoms with Gasteiger partial charge in [0.25, 0.3) is 0 Å². The van der Waals surface area contributed by atoms with Gasteiger partial charge >= 0.3 is 0 Å². The van der Waals surface area contributed by atoms with Crippen molar-refractivity contribution in [3.05, 3.63) is 71.7 Å². The summed E-state index contributed by atoms with van der Waals surface area (Å²) in [4.78, 5) is 21.6. The highest BCUT2D eigenvalue weighted by atomic mass is 16.5. The van der Waals surface area contributed by atoms with E-state index in [1.807, 2.05) is 28.7 Å². The molecule has 0 atom stereocenters. The van der Waals surface area contributed by atoms with Gasteiger partial charge in [-0.2, -0.15) is 4.98 Å². The molecule has 25 heavy (non-hydrogen) atoms. The molecule has 0 radical (unpaired) electrons. The number of aryl methyl sites for hydroxylation is 1. The molecule has 0 fully saturated rings. The van der Waals surface area contributed by atoms with Crippen LogP contribution in [0.4, 0.5) is 0 Å². The zero-order valence-corrected chi connectivity index (χ0v) is 14.5. The third kappa shape index (κ3) is 3.18. The van der Waals surface area contributed by atoms with Crippen LogP contribution in [0, 0.1) is 0 Å². The number of methoxy groups -OCH3 is 1. The Hall–Kier alpha value is -2.95. The second-order valence-corrected chi connectivity index (χ2v) is 5.78. The van der Waals surface area contributed by atoms with Crippen molar-refractivity contribution in [3.8, 4) is 5.88 Å². The smallest absolute Gasteiger partial charge is 0.238 e. The Morgan fingerprint density at radius 3 is 2.68 bits per heavy atom. The zero-order chi connectivity index (χ0) is 17.8. The summed E-state index contributed by atoms with van der Waals surface area (Å²) >= 11 is 0. The lowest BCUT2D eigenvalue weighted by Crippen LogP contribution is -2.07. The van der Waals surface area contributed by atoms with E-state index in [-0.39, 0.29) is 5.78 Å². The molecule has 0 saturated heterocycles. The summed E-state index contributed by atoms with van der Waals surface area (Å²) in [5.74, 6) is 0.908. The van der Waals surface area contributed by atoms with Gasteiger partial charge in [-0.15, -0.1) is 6.58 Å². The van der Waals surface area contributed by atoms with Gasteiger partial charge in [-0.1, -0.05) is 49.8 Å². The maximum atomic E-state index is 12.7. The van der Waals surface area contributed by atoms with E-state index in [2.05, 4.69) is 23.5 Å². The molecule has 5 nitrogen and oxygen atoms in total. The summed E-state index contributed by atoms with van der Waals surface area (Å²) in [6.07, 6.45) is 6.06. The number of allylic oxidation sites excluding steroid dienone is 1. The monoisotopic (exact) mass is 335 g/mol. The van der Waals surface area contributed by atoms with Crippen molar-refractivity contribution < 1.29 is 9.53 Å². The quantitative estimate of drug-likeness (QED) is 0.488. The average Bonchev–Trinajstić information content (AvgIpc) is 3.07. The van der Waals surface area contributed by atoms with Gasteiger partial charge in [0.2, 0.25) is 17.4 Å². The van der Waals surface area contributed by atoms with Crippen molar-refractivity contribution in [2.75, 3.05) is 7.11 Å². The van der Waals surface area contributed by atoms with Crippen LogP contribution in [0.25, 0.3) is 5.78 Å². The summed E-state index contributed by atoms with van der Waals surface area (Å²) < 4.78 is 7.35. The third-order valence-electron chi connectivity index (χ3n) is 4.08. The molecule has 0 N–H and O–H groups in total. The molecule has 0 saturated carbocycles. The maximum Gasteiger partial charge on any atom is 0.238 e. The predicted octanol–water partition coefficient (Wildman–Crippen LogP) is 3.65. The van der Waals surface area contributed by atoms with Crippen LogP contribution in [-0.4, -0.2) is 27.3 Å². The Morgan fingerprint density at radius 2 is 2.04 bits per heavy atom. The number of fused-ring (bicyclic) bond motifs is 1. The normalized spacial score (nSPS) is 10.8. The molecule has 0 aliphatic rings. The first-order valence-electron chi connectivity index (χ1n) is 8.35. The van der Waals surface area contributed by atoms with E-state index in [4.69, 9.17) is 4.74 Å². The van der Waals surface area contributed by atoms with Crippen molar-refractivity contribution in [1.29, 1.82) is 0 Å². The van der Waals surface area contributed by atoms with Gasteiger partial charge < -0.3 is 4.74 Å². The number of hydrogen-bond donors (Lipinski definition) is 0. The van der Waals surface area contributed by atoms with Gasteiger partial charge in [-0.3, -0.25) is 9.20 Å². The van der Waals surface area contributed by atoms with Crippen molar-refractivity contribution in [1.82, 2.24) is 14.4 Å². The maximum absolute atomic E-state index is 12.7. The standard InChI is InChI=1S/C20H21N3O2/c1-4-9-15-17(10-5-2)23-13-16(21-20(23)22-19(15)25-3)18(24)14-11-7-6-8-12-14/h4,6-8,11-13H,1,5,9-10H2,2-3H3. The summed E-state index contributed by atoms with van der Waals surface area (Å²) in [6.45, 7) is 5.94. The number of carbonyl (C=O) groups is 1. The van der Waals surface area contributed by atoms with E-state index >= 15 is 0 Å². The van der Waals surface area contributed by atoms with Crippen LogP contribution in [0.2, 0.25) is 0 Å². The number of carbonyl (C=O) groups excluding carboxylic acids is 1. The van der Waals surface area contributed by atoms with Crippen LogP contribution in [0.5, 0.6) is 5.88 Å². The van der Waals surface area contributed by atoms with Gasteiger partial charge in [0.15, 0.2) is 0 Å². The average molecular weight is 335 g/mol. The number of ether oxygens (including phenoxy) is 1. The molecular weight excluding hydrogens is 314 g/mol. The van der Waals surface area contributed by atoms with Crippen molar-refractivity contribution in [2.24, 2.45) is 0 Å². The highest BCUT2D eigenvalue weighted by molar-refractivity contribution is 6.07. The number of nitrogens with zero attached hydrogens (tertiary/aromatic N) is 3. The second kappa shape index (κ2) is 7.30. The predicted molar refractivity (Wildman–Crippen MR) is 97.3 cm³/mol. The molecule has 128 valence electrons. The third-order valence-corrected chi connectivity index (χ3v) is 4.08. The van der Waals surface area contributed by atoms with E-state index < -0.39 is 0 Å². The molecule has 0 unspecified atom stereocenters. The molecule has 0 aliphatic carbocycles. The summed E-state index contributed by atoms with van der Waals surface area (Å²) in [7, 11) is 1.60. The van der Waals surface area contributed by atoms with Crippen LogP contribution in [-0.2, 0) is 12.8 Å². The van der Waals surface area contributed by atoms with Gasteiger partial charge in [0.05, 0.1) is 7.11 Å². The Balaban J connectivity index is 2.17. The Labute approximate surface area is 147 Å². The minimum Gasteiger partial charge on any atom is -0.481 e. The highest BCUT2D eigenvalue weighted by Crippen LogP contribution is 2.25. The minimum absolute atomic E-state index is 0.113. The first-order valence-corrected chi connectivity index (χ1v) is 8.35. The van der Waals surface area contributed by atoms with Gasteiger partial charge in [0.1, 0.15) is 5.69 Å². The van der Waals surface area contributed by atoms with E-state index in [1.165, 1.54) is 0 Å². The molecule has 2 heterocycles. The summed E-state index contributed by atoms with van der Waals surface area (Å²) in [5.41, 5.74) is 3.04. The molecule has 3 aromatic rings. The highest BCUT2D eigenvalue weighted by Gasteiger charge is 2.19. The topological polar surface area (TPSA) is 56.5 Å². The minimum atomic E-state index is -0.113. The fraction of sp³-hybridized carbons (Fsp3) is 0.250. The van der Waals surface area contributed by atoms with Crippen LogP contribution >= 0.6 is 0 Å². The van der Waals surface area contributed by atoms with Crippen molar-refractivity contribution >= 4 is 11.6 Å². The lowest BCUT2D eigenvalue weighted by atomic mass is 10.1. The number of hydrogen-bond acceptors (Lipinski definition) is 4. The Kier molecular flexibility index (Phi) is 4.93. The first kappa shape index (κ1) is 16.9. The van der Waals surface area contributed by atoms with Gasteiger partial charge in [-0.25, -0.2) is 4.98 Å². The van der Waals surface area contributed by atoms with Crippen LogP contribution in [0.1, 0.15) is 40.7 Å². The SMILES string of the molecule is C=CCc1c(OC)nc2nc(C(=O)c3ccccc3)cn2c1CCC. The second-order valence-electron chi connectivity index (χ2n) is 5.78. The number of imidazole rings is 1. The van der Waals surface area contributed by atoms with E-state index in [0.717, 1.165) is 24.1 Å². The number of aromatic nitrogens is 3. The fourth-order valence-corrected chi connectivity index (χ4v) is 2.95. The summed E-state index contributed by atoms with van der Waals surface area (Å²) in [6, 6.07) is 9.14. The molecule has 1 aromatic carbocycles. The summed E-state index contributed by atoms with van der Waals surface area (Å²) in [5, 5.41) is 0. The molecule has 0 aliphatic heterocycles. The van der Waals surface area contributed by atoms with Gasteiger partial charge in [-0.05, 0) is 12.8 Å². The van der Waals surface area contributed by atoms with Crippen molar-refractivity contribution in [3.63, 3.8) is 0 Å². The van der Waals surface area contributed by atoms with E-state index in [0.29, 0.717) is 29.3 Å². The lowest BCUT2D eigenvalue weighted by molar-refractivity contribution is 0.103. The Bertz CT molecular complexity index is 914. The Morgan fingerprint density at radius 1 is 1.28 bits per heavy atom. The first-order chi connectivity index (χ1) is 12.2. The number of benzene rings is 1. The van der Waals surface area contributed by atoms with Crippen LogP contribution in [0.15, 0.2) is 49.2 Å². The van der Waals surface area contributed by atoms with E-state index in [9.17, 15) is 4.79 Å². The molecular formula is C20H21N3O2. The number of ketones is 1. The van der Waals surface area contributed by atoms with Crippen LogP contribution < -0.4 is 4.74 Å². The molecule has 5 heteroatoms. The molecule has 2 aromatic heterocycles. The molecule has 0 bridgehead atoms. The van der Waals surface area contributed by atoms with Gasteiger partial charge in [0, 0.05) is 23.0 Å². The number of rotatable bonds is 7. The molecule has 3 rings (SSSR count). The van der Waals surface area contributed by atoms with Crippen molar-refractivity contribution in [2.45, 2.75) is 26.2 Å². The fourth-order valence-electron chi connectivity index (χ4n) is 2.95.